The van der Waals surface area contributed by atoms with E-state index in [4.69, 9.17) is 10.5 Å². The number of methoxy groups -OCH3 is 1. The maximum atomic E-state index is 13.8. The van der Waals surface area contributed by atoms with Crippen LogP contribution < -0.4 is 15.8 Å². The lowest BCUT2D eigenvalue weighted by Crippen LogP contribution is -2.43. The van der Waals surface area contributed by atoms with Gasteiger partial charge in [-0.15, -0.1) is 0 Å². The number of carbonyl (C=O) groups excluding carboxylic acids is 1. The Hall–Kier alpha value is -3.20. The molecule has 1 aliphatic rings. The quantitative estimate of drug-likeness (QED) is 0.330. The number of hydrogen-bond acceptors (Lipinski definition) is 5. The molecular weight excluding hydrogens is 522 g/mol. The van der Waals surface area contributed by atoms with Crippen LogP contribution in [0.5, 0.6) is 5.75 Å². The topological polar surface area (TPSA) is 102 Å². The number of benzene rings is 3. The summed E-state index contributed by atoms with van der Waals surface area (Å²) in [4.78, 5) is 13.2. The van der Waals surface area contributed by atoms with Crippen LogP contribution in [0.2, 0.25) is 0 Å². The molecule has 1 fully saturated rings. The molecule has 0 atom stereocenters. The first-order valence-corrected chi connectivity index (χ1v) is 15.5. The number of hydrogen-bond donors (Lipinski definition) is 2. The Labute approximate surface area is 238 Å². The van der Waals surface area contributed by atoms with Gasteiger partial charge in [-0.05, 0) is 97.9 Å². The van der Waals surface area contributed by atoms with E-state index >= 15 is 0 Å². The largest absolute Gasteiger partial charge is 0.496 e. The average molecular weight is 564 g/mol. The predicted molar refractivity (Wildman–Crippen MR) is 160 cm³/mol. The van der Waals surface area contributed by atoms with Crippen LogP contribution >= 0.6 is 0 Å². The summed E-state index contributed by atoms with van der Waals surface area (Å²) >= 11 is 0. The summed E-state index contributed by atoms with van der Waals surface area (Å²) in [6, 6.07) is 22.4. The Balaban J connectivity index is 1.50. The number of amides is 1. The van der Waals surface area contributed by atoms with Gasteiger partial charge in [-0.25, -0.2) is 8.42 Å². The van der Waals surface area contributed by atoms with Crippen molar-refractivity contribution in [3.8, 4) is 16.9 Å². The molecule has 3 aromatic rings. The van der Waals surface area contributed by atoms with E-state index in [0.29, 0.717) is 37.1 Å². The Kier molecular flexibility index (Phi) is 10.4. The fourth-order valence-corrected chi connectivity index (χ4v) is 6.83. The van der Waals surface area contributed by atoms with Crippen LogP contribution in [0.15, 0.2) is 77.7 Å². The van der Waals surface area contributed by atoms with Crippen molar-refractivity contribution in [3.05, 3.63) is 83.9 Å². The number of nitrogens with zero attached hydrogens (tertiary/aromatic N) is 1. The van der Waals surface area contributed by atoms with Crippen molar-refractivity contribution in [1.82, 2.24) is 9.62 Å². The van der Waals surface area contributed by atoms with Gasteiger partial charge in [0.05, 0.1) is 18.6 Å². The van der Waals surface area contributed by atoms with E-state index in [-0.39, 0.29) is 23.9 Å². The maximum Gasteiger partial charge on any atom is 0.243 e. The van der Waals surface area contributed by atoms with Crippen LogP contribution in [0.4, 0.5) is 0 Å². The van der Waals surface area contributed by atoms with Gasteiger partial charge in [0.2, 0.25) is 15.9 Å². The van der Waals surface area contributed by atoms with Gasteiger partial charge in [0.15, 0.2) is 0 Å². The highest BCUT2D eigenvalue weighted by atomic mass is 32.2. The fraction of sp³-hybridized carbons (Fsp3) is 0.406. The first kappa shape index (κ1) is 29.8. The smallest absolute Gasteiger partial charge is 0.243 e. The molecule has 0 spiro atoms. The number of ether oxygens (including phenoxy) is 1. The Bertz CT molecular complexity index is 1370. The molecule has 1 amide bonds. The molecule has 3 N–H and O–H groups in total. The summed E-state index contributed by atoms with van der Waals surface area (Å²) in [6.07, 6.45) is 4.64. The molecule has 0 aromatic heterocycles. The molecule has 0 aliphatic heterocycles. The summed E-state index contributed by atoms with van der Waals surface area (Å²) in [5, 5.41) is 3.00. The lowest BCUT2D eigenvalue weighted by molar-refractivity contribution is -0.121. The number of rotatable bonds is 12. The Morgan fingerprint density at radius 3 is 2.27 bits per heavy atom. The summed E-state index contributed by atoms with van der Waals surface area (Å²) < 4.78 is 34.4. The first-order chi connectivity index (χ1) is 19.3. The van der Waals surface area contributed by atoms with Gasteiger partial charge < -0.3 is 15.8 Å². The number of sulfonamides is 1. The molecule has 0 heterocycles. The van der Waals surface area contributed by atoms with Crippen LogP contribution in [-0.4, -0.2) is 51.9 Å². The predicted octanol–water partition coefficient (Wildman–Crippen LogP) is 4.79. The first-order valence-electron chi connectivity index (χ1n) is 14.1. The second-order valence-corrected chi connectivity index (χ2v) is 12.6. The van der Waals surface area contributed by atoms with Crippen LogP contribution in [0, 0.1) is 18.8 Å². The number of nitrogens with one attached hydrogen (secondary N) is 1. The van der Waals surface area contributed by atoms with Crippen molar-refractivity contribution in [1.29, 1.82) is 0 Å². The molecule has 214 valence electrons. The minimum atomic E-state index is -3.93. The van der Waals surface area contributed by atoms with Crippen molar-refractivity contribution in [2.45, 2.75) is 43.9 Å². The minimum Gasteiger partial charge on any atom is -0.496 e. The van der Waals surface area contributed by atoms with Crippen LogP contribution in [-0.2, 0) is 21.2 Å². The van der Waals surface area contributed by atoms with Gasteiger partial charge in [-0.1, -0.05) is 54.6 Å². The minimum absolute atomic E-state index is 0.150. The summed E-state index contributed by atoms with van der Waals surface area (Å²) in [5.41, 5.74) is 9.81. The zero-order valence-corrected chi connectivity index (χ0v) is 24.3. The Morgan fingerprint density at radius 2 is 1.60 bits per heavy atom. The van der Waals surface area contributed by atoms with Crippen molar-refractivity contribution in [2.24, 2.45) is 17.6 Å². The highest BCUT2D eigenvalue weighted by Gasteiger charge is 2.28. The van der Waals surface area contributed by atoms with Gasteiger partial charge in [0, 0.05) is 13.1 Å². The summed E-state index contributed by atoms with van der Waals surface area (Å²) in [6.45, 7) is 3.21. The van der Waals surface area contributed by atoms with Crippen molar-refractivity contribution in [3.63, 3.8) is 0 Å². The van der Waals surface area contributed by atoms with Crippen molar-refractivity contribution < 1.29 is 17.9 Å². The third kappa shape index (κ3) is 7.50. The second kappa shape index (κ2) is 13.9. The third-order valence-electron chi connectivity index (χ3n) is 7.98. The summed E-state index contributed by atoms with van der Waals surface area (Å²) in [7, 11) is -2.34. The zero-order chi connectivity index (χ0) is 28.5. The maximum absolute atomic E-state index is 13.8. The van der Waals surface area contributed by atoms with E-state index in [0.717, 1.165) is 47.9 Å². The van der Waals surface area contributed by atoms with Crippen molar-refractivity contribution in [2.75, 3.05) is 33.3 Å². The molecule has 0 bridgehead atoms. The number of carbonyl (C=O) groups is 1. The molecule has 3 aromatic carbocycles. The average Bonchev–Trinajstić information content (AvgIpc) is 2.98. The van der Waals surface area contributed by atoms with E-state index in [2.05, 4.69) is 5.32 Å². The lowest BCUT2D eigenvalue weighted by atomic mass is 9.82. The van der Waals surface area contributed by atoms with Crippen molar-refractivity contribution >= 4 is 15.9 Å². The molecule has 0 radical (unpaired) electrons. The molecule has 1 saturated carbocycles. The second-order valence-electron chi connectivity index (χ2n) is 10.7. The van der Waals surface area contributed by atoms with E-state index < -0.39 is 10.0 Å². The van der Waals surface area contributed by atoms with E-state index in [1.54, 1.807) is 19.2 Å². The normalized spacial score (nSPS) is 17.5. The van der Waals surface area contributed by atoms with Gasteiger partial charge in [0.1, 0.15) is 5.75 Å². The molecule has 40 heavy (non-hydrogen) atoms. The zero-order valence-electron chi connectivity index (χ0n) is 23.5. The molecule has 8 heteroatoms. The molecule has 0 saturated heterocycles. The highest BCUT2D eigenvalue weighted by molar-refractivity contribution is 7.89. The van der Waals surface area contributed by atoms with E-state index in [1.807, 2.05) is 67.6 Å². The molecular formula is C32H41N3O4S. The van der Waals surface area contributed by atoms with Crippen LogP contribution in [0.1, 0.15) is 36.8 Å². The van der Waals surface area contributed by atoms with Crippen LogP contribution in [0.25, 0.3) is 11.1 Å². The standard InChI is InChI=1S/C32H41N3O4S/c1-24-7-3-5-9-30(24)27-15-17-29(18-16-27)40(37,38)35(20-19-28-8-4-6-10-31(28)39-2)23-32(36)34-22-26-13-11-25(21-33)12-14-26/h3-10,15-18,25-26H,11-14,19-23,33H2,1-2H3,(H,34,36). The van der Waals surface area contributed by atoms with Gasteiger partial charge in [-0.3, -0.25) is 4.79 Å². The fourth-order valence-electron chi connectivity index (χ4n) is 5.44. The van der Waals surface area contributed by atoms with Gasteiger partial charge in [-0.2, -0.15) is 4.31 Å². The van der Waals surface area contributed by atoms with Gasteiger partial charge in [0.25, 0.3) is 0 Å². The highest BCUT2D eigenvalue weighted by Crippen LogP contribution is 2.28. The number of aryl methyl sites for hydroxylation is 1. The molecule has 1 aliphatic carbocycles. The monoisotopic (exact) mass is 563 g/mol. The SMILES string of the molecule is COc1ccccc1CCN(CC(=O)NCC1CCC(CN)CC1)S(=O)(=O)c1ccc(-c2ccccc2C)cc1. The summed E-state index contributed by atoms with van der Waals surface area (Å²) in [5.74, 6) is 1.38. The van der Waals surface area contributed by atoms with Crippen LogP contribution in [0.3, 0.4) is 0 Å². The third-order valence-corrected chi connectivity index (χ3v) is 9.84. The lowest BCUT2D eigenvalue weighted by Gasteiger charge is -2.28. The Morgan fingerprint density at radius 1 is 0.950 bits per heavy atom. The molecule has 4 rings (SSSR count). The number of nitrogens with two attached hydrogens (primary N) is 1. The van der Waals surface area contributed by atoms with E-state index in [9.17, 15) is 13.2 Å². The van der Waals surface area contributed by atoms with Gasteiger partial charge >= 0.3 is 0 Å². The molecule has 7 nitrogen and oxygen atoms in total. The number of para-hydroxylation sites is 1. The molecule has 0 unspecified atom stereocenters. The van der Waals surface area contributed by atoms with E-state index in [1.165, 1.54) is 4.31 Å².